The Morgan fingerprint density at radius 3 is 2.38 bits per heavy atom. The Morgan fingerprint density at radius 1 is 1.31 bits per heavy atom. The van der Waals surface area contributed by atoms with E-state index in [2.05, 4.69) is 4.98 Å². The van der Waals surface area contributed by atoms with E-state index in [1.807, 2.05) is 0 Å². The standard InChI is InChI=1S/C6H3Cl2F3N2/c7-13(8)5-3-4(1-2-12-5)6(9,10)11/h1-3H. The summed E-state index contributed by atoms with van der Waals surface area (Å²) in [6.07, 6.45) is -3.43. The third-order valence-corrected chi connectivity index (χ3v) is 1.59. The fourth-order valence-corrected chi connectivity index (χ4v) is 0.872. The largest absolute Gasteiger partial charge is 0.416 e. The van der Waals surface area contributed by atoms with Crippen LogP contribution in [0.25, 0.3) is 0 Å². The first kappa shape index (κ1) is 10.4. The molecule has 1 aromatic rings. The van der Waals surface area contributed by atoms with Crippen LogP contribution in [0.15, 0.2) is 18.3 Å². The van der Waals surface area contributed by atoms with Crippen molar-refractivity contribution in [2.45, 2.75) is 6.18 Å². The van der Waals surface area contributed by atoms with Crippen molar-refractivity contribution >= 4 is 29.4 Å². The summed E-state index contributed by atoms with van der Waals surface area (Å²) in [6, 6.07) is 1.58. The van der Waals surface area contributed by atoms with E-state index in [1.54, 1.807) is 0 Å². The van der Waals surface area contributed by atoms with Crippen molar-refractivity contribution in [3.63, 3.8) is 0 Å². The smallest absolute Gasteiger partial charge is 0.237 e. The van der Waals surface area contributed by atoms with Crippen molar-refractivity contribution < 1.29 is 13.2 Å². The van der Waals surface area contributed by atoms with Gasteiger partial charge in [0.25, 0.3) is 0 Å². The zero-order valence-electron chi connectivity index (χ0n) is 6.02. The highest BCUT2D eigenvalue weighted by molar-refractivity contribution is 6.49. The van der Waals surface area contributed by atoms with E-state index < -0.39 is 11.7 Å². The van der Waals surface area contributed by atoms with E-state index in [0.717, 1.165) is 18.3 Å². The molecule has 13 heavy (non-hydrogen) atoms. The van der Waals surface area contributed by atoms with Gasteiger partial charge in [0.15, 0.2) is 5.82 Å². The first-order chi connectivity index (χ1) is 5.91. The maximum Gasteiger partial charge on any atom is 0.416 e. The molecule has 72 valence electrons. The number of aromatic nitrogens is 1. The number of pyridine rings is 1. The Kier molecular flexibility index (Phi) is 2.87. The van der Waals surface area contributed by atoms with Crippen LogP contribution in [0.1, 0.15) is 5.56 Å². The van der Waals surface area contributed by atoms with Crippen molar-refractivity contribution in [3.05, 3.63) is 23.9 Å². The molecule has 0 atom stereocenters. The molecule has 1 heterocycles. The molecular formula is C6H3Cl2F3N2. The van der Waals surface area contributed by atoms with Crippen LogP contribution in [0, 0.1) is 0 Å². The summed E-state index contributed by atoms with van der Waals surface area (Å²) in [6.45, 7) is 0. The van der Waals surface area contributed by atoms with Crippen molar-refractivity contribution in [1.82, 2.24) is 4.98 Å². The number of anilines is 1. The van der Waals surface area contributed by atoms with Crippen LogP contribution in [-0.2, 0) is 6.18 Å². The van der Waals surface area contributed by atoms with Crippen LogP contribution < -0.4 is 3.94 Å². The number of rotatable bonds is 1. The minimum Gasteiger partial charge on any atom is -0.237 e. The average Bonchev–Trinajstić information content (AvgIpc) is 2.03. The molecule has 0 N–H and O–H groups in total. The molecule has 0 aromatic carbocycles. The molecular weight excluding hydrogens is 228 g/mol. The fraction of sp³-hybridized carbons (Fsp3) is 0.167. The van der Waals surface area contributed by atoms with Crippen LogP contribution in [-0.4, -0.2) is 4.98 Å². The van der Waals surface area contributed by atoms with E-state index in [9.17, 15) is 13.2 Å². The molecule has 0 radical (unpaired) electrons. The Morgan fingerprint density at radius 2 is 1.92 bits per heavy atom. The Labute approximate surface area is 82.1 Å². The van der Waals surface area contributed by atoms with Gasteiger partial charge in [-0.2, -0.15) is 17.1 Å². The highest BCUT2D eigenvalue weighted by Crippen LogP contribution is 2.31. The van der Waals surface area contributed by atoms with Gasteiger partial charge < -0.3 is 0 Å². The predicted octanol–water partition coefficient (Wildman–Crippen LogP) is 3.21. The van der Waals surface area contributed by atoms with Crippen molar-refractivity contribution in [3.8, 4) is 0 Å². The summed E-state index contributed by atoms with van der Waals surface area (Å²) in [5, 5.41) is 0. The third kappa shape index (κ3) is 2.63. The number of hydrogen-bond donors (Lipinski definition) is 0. The van der Waals surface area contributed by atoms with Gasteiger partial charge in [-0.15, -0.1) is 0 Å². The molecule has 0 spiro atoms. The zero-order valence-corrected chi connectivity index (χ0v) is 7.53. The molecule has 0 saturated carbocycles. The molecule has 0 aliphatic carbocycles. The SMILES string of the molecule is FC(F)(F)c1ccnc(N(Cl)Cl)c1. The summed E-state index contributed by atoms with van der Waals surface area (Å²) in [4.78, 5) is 3.51. The normalized spacial score (nSPS) is 11.5. The predicted molar refractivity (Wildman–Crippen MR) is 43.4 cm³/mol. The molecule has 7 heteroatoms. The molecule has 0 unspecified atom stereocenters. The highest BCUT2D eigenvalue weighted by atomic mass is 35.5. The second-order valence-electron chi connectivity index (χ2n) is 2.13. The highest BCUT2D eigenvalue weighted by Gasteiger charge is 2.31. The van der Waals surface area contributed by atoms with Gasteiger partial charge in [-0.3, -0.25) is 0 Å². The average molecular weight is 231 g/mol. The van der Waals surface area contributed by atoms with Gasteiger partial charge in [-0.25, -0.2) is 4.98 Å². The lowest BCUT2D eigenvalue weighted by molar-refractivity contribution is -0.137. The van der Waals surface area contributed by atoms with E-state index in [-0.39, 0.29) is 5.82 Å². The molecule has 0 aliphatic heterocycles. The van der Waals surface area contributed by atoms with E-state index >= 15 is 0 Å². The van der Waals surface area contributed by atoms with Gasteiger partial charge in [0.1, 0.15) is 0 Å². The fourth-order valence-electron chi connectivity index (χ4n) is 0.687. The van der Waals surface area contributed by atoms with Crippen LogP contribution in [0.4, 0.5) is 19.0 Å². The Balaban J connectivity index is 3.06. The lowest BCUT2D eigenvalue weighted by Crippen LogP contribution is -2.06. The van der Waals surface area contributed by atoms with Gasteiger partial charge in [-0.05, 0) is 12.1 Å². The number of halogens is 5. The van der Waals surface area contributed by atoms with Crippen LogP contribution in [0.5, 0.6) is 0 Å². The quantitative estimate of drug-likeness (QED) is 0.689. The second kappa shape index (κ2) is 3.59. The lowest BCUT2D eigenvalue weighted by atomic mass is 10.2. The maximum atomic E-state index is 12.1. The summed E-state index contributed by atoms with van der Waals surface area (Å²) in [5.74, 6) is -0.168. The van der Waals surface area contributed by atoms with Crippen LogP contribution >= 0.6 is 23.6 Å². The number of hydrogen-bond acceptors (Lipinski definition) is 2. The van der Waals surface area contributed by atoms with Crippen LogP contribution in [0.2, 0.25) is 0 Å². The monoisotopic (exact) mass is 230 g/mol. The molecule has 2 nitrogen and oxygen atoms in total. The molecule has 0 amide bonds. The zero-order chi connectivity index (χ0) is 10.1. The summed E-state index contributed by atoms with van der Waals surface area (Å²) < 4.78 is 36.8. The summed E-state index contributed by atoms with van der Waals surface area (Å²) >= 11 is 10.4. The van der Waals surface area contributed by atoms with Gasteiger partial charge in [0.05, 0.1) is 5.56 Å². The molecule has 0 aliphatic rings. The van der Waals surface area contributed by atoms with E-state index in [1.165, 1.54) is 0 Å². The minimum atomic E-state index is -4.42. The molecule has 0 fully saturated rings. The van der Waals surface area contributed by atoms with Crippen molar-refractivity contribution in [2.24, 2.45) is 0 Å². The van der Waals surface area contributed by atoms with Crippen molar-refractivity contribution in [2.75, 3.05) is 3.94 Å². The van der Waals surface area contributed by atoms with Gasteiger partial charge in [0, 0.05) is 29.8 Å². The topological polar surface area (TPSA) is 16.1 Å². The molecule has 1 rings (SSSR count). The Bertz CT molecular complexity index is 300. The van der Waals surface area contributed by atoms with Gasteiger partial charge in [-0.1, -0.05) is 0 Å². The van der Waals surface area contributed by atoms with E-state index in [4.69, 9.17) is 23.6 Å². The number of nitrogens with zero attached hydrogens (tertiary/aromatic N) is 2. The van der Waals surface area contributed by atoms with Crippen molar-refractivity contribution in [1.29, 1.82) is 0 Å². The van der Waals surface area contributed by atoms with Gasteiger partial charge in [0.2, 0.25) is 0 Å². The number of alkyl halides is 3. The summed E-state index contributed by atoms with van der Waals surface area (Å²) in [5.41, 5.74) is -0.844. The molecule has 1 aromatic heterocycles. The first-order valence-corrected chi connectivity index (χ1v) is 3.74. The third-order valence-electron chi connectivity index (χ3n) is 1.25. The summed E-state index contributed by atoms with van der Waals surface area (Å²) in [7, 11) is 0. The van der Waals surface area contributed by atoms with Crippen LogP contribution in [0.3, 0.4) is 0 Å². The van der Waals surface area contributed by atoms with Gasteiger partial charge >= 0.3 is 6.18 Å². The van der Waals surface area contributed by atoms with E-state index in [0.29, 0.717) is 3.94 Å². The minimum absolute atomic E-state index is 0.168. The first-order valence-electron chi connectivity index (χ1n) is 3.06. The maximum absolute atomic E-state index is 12.1. The second-order valence-corrected chi connectivity index (χ2v) is 2.98. The Hall–Kier alpha value is -0.680. The molecule has 0 saturated heterocycles. The molecule has 0 bridgehead atoms. The lowest BCUT2D eigenvalue weighted by Gasteiger charge is -2.09.